The minimum absolute atomic E-state index is 0.245. The molecule has 12 heavy (non-hydrogen) atoms. The van der Waals surface area contributed by atoms with Gasteiger partial charge in [-0.25, -0.2) is 0 Å². The SMILES string of the molecule is CN(C)C12C=CC=CC1CNC2. The number of nitrogens with one attached hydrogen (secondary N) is 1. The molecule has 2 atom stereocenters. The molecule has 0 amide bonds. The molecule has 0 radical (unpaired) electrons. The second-order valence-electron chi connectivity index (χ2n) is 3.87. The van der Waals surface area contributed by atoms with Crippen molar-refractivity contribution in [1.29, 1.82) is 0 Å². The number of likely N-dealkylation sites (N-methyl/N-ethyl adjacent to an activating group) is 1. The molecule has 1 heterocycles. The number of rotatable bonds is 1. The summed E-state index contributed by atoms with van der Waals surface area (Å²) in [7, 11) is 4.31. The molecule has 0 aromatic heterocycles. The lowest BCUT2D eigenvalue weighted by Crippen LogP contribution is -2.49. The molecule has 1 fully saturated rings. The Hall–Kier alpha value is -0.600. The van der Waals surface area contributed by atoms with Crippen LogP contribution >= 0.6 is 0 Å². The summed E-state index contributed by atoms with van der Waals surface area (Å²) < 4.78 is 0. The molecular weight excluding hydrogens is 148 g/mol. The summed E-state index contributed by atoms with van der Waals surface area (Å²) in [5.74, 6) is 0.650. The zero-order chi connectivity index (χ0) is 8.60. The van der Waals surface area contributed by atoms with Crippen molar-refractivity contribution < 1.29 is 0 Å². The Morgan fingerprint density at radius 3 is 2.92 bits per heavy atom. The van der Waals surface area contributed by atoms with E-state index in [2.05, 4.69) is 48.6 Å². The van der Waals surface area contributed by atoms with E-state index in [4.69, 9.17) is 0 Å². The molecule has 2 aliphatic rings. The van der Waals surface area contributed by atoms with Crippen molar-refractivity contribution in [3.63, 3.8) is 0 Å². The molecule has 1 aliphatic carbocycles. The van der Waals surface area contributed by atoms with Gasteiger partial charge in [-0.3, -0.25) is 4.90 Å². The Bertz CT molecular complexity index is 230. The molecule has 66 valence electrons. The summed E-state index contributed by atoms with van der Waals surface area (Å²) in [6, 6.07) is 0. The van der Waals surface area contributed by atoms with Gasteiger partial charge >= 0.3 is 0 Å². The number of allylic oxidation sites excluding steroid dienone is 2. The average Bonchev–Trinajstić information content (AvgIpc) is 2.48. The van der Waals surface area contributed by atoms with E-state index >= 15 is 0 Å². The first-order valence-corrected chi connectivity index (χ1v) is 4.50. The van der Waals surface area contributed by atoms with Crippen molar-refractivity contribution in [3.8, 4) is 0 Å². The first kappa shape index (κ1) is 8.02. The van der Waals surface area contributed by atoms with Crippen LogP contribution in [-0.4, -0.2) is 37.6 Å². The molecule has 0 bridgehead atoms. The standard InChI is InChI=1S/C10H16N2/c1-12(2)10-6-4-3-5-9(10)7-11-8-10/h3-6,9,11H,7-8H2,1-2H3. The van der Waals surface area contributed by atoms with Gasteiger partial charge in [0.2, 0.25) is 0 Å². The molecule has 0 spiro atoms. The van der Waals surface area contributed by atoms with Gasteiger partial charge in [-0.15, -0.1) is 0 Å². The maximum atomic E-state index is 3.44. The Kier molecular flexibility index (Phi) is 1.81. The molecule has 2 rings (SSSR count). The molecule has 2 heteroatoms. The van der Waals surface area contributed by atoms with Gasteiger partial charge in [0, 0.05) is 19.0 Å². The van der Waals surface area contributed by atoms with Gasteiger partial charge in [0.05, 0.1) is 5.54 Å². The topological polar surface area (TPSA) is 15.3 Å². The van der Waals surface area contributed by atoms with Crippen LogP contribution in [0.2, 0.25) is 0 Å². The van der Waals surface area contributed by atoms with E-state index in [9.17, 15) is 0 Å². The fourth-order valence-electron chi connectivity index (χ4n) is 2.21. The highest BCUT2D eigenvalue weighted by atomic mass is 15.2. The smallest absolute Gasteiger partial charge is 0.0589 e. The van der Waals surface area contributed by atoms with Gasteiger partial charge in [-0.05, 0) is 14.1 Å². The van der Waals surface area contributed by atoms with Crippen molar-refractivity contribution in [3.05, 3.63) is 24.3 Å². The fraction of sp³-hybridized carbons (Fsp3) is 0.600. The van der Waals surface area contributed by atoms with E-state index < -0.39 is 0 Å². The molecule has 1 aliphatic heterocycles. The Balaban J connectivity index is 2.32. The summed E-state index contributed by atoms with van der Waals surface area (Å²) in [5, 5.41) is 3.44. The summed E-state index contributed by atoms with van der Waals surface area (Å²) in [6.07, 6.45) is 8.93. The van der Waals surface area contributed by atoms with Crippen LogP contribution in [0.25, 0.3) is 0 Å². The van der Waals surface area contributed by atoms with Gasteiger partial charge < -0.3 is 5.32 Å². The fourth-order valence-corrected chi connectivity index (χ4v) is 2.21. The van der Waals surface area contributed by atoms with Gasteiger partial charge in [0.15, 0.2) is 0 Å². The van der Waals surface area contributed by atoms with Crippen LogP contribution in [0, 0.1) is 5.92 Å². The number of hydrogen-bond acceptors (Lipinski definition) is 2. The Morgan fingerprint density at radius 1 is 1.42 bits per heavy atom. The highest BCUT2D eigenvalue weighted by molar-refractivity contribution is 5.27. The summed E-state index contributed by atoms with van der Waals surface area (Å²) in [4.78, 5) is 2.32. The van der Waals surface area contributed by atoms with Crippen molar-refractivity contribution >= 4 is 0 Å². The molecule has 2 unspecified atom stereocenters. The monoisotopic (exact) mass is 164 g/mol. The minimum atomic E-state index is 0.245. The average molecular weight is 164 g/mol. The third-order valence-corrected chi connectivity index (χ3v) is 3.09. The second kappa shape index (κ2) is 2.71. The van der Waals surface area contributed by atoms with E-state index in [-0.39, 0.29) is 5.54 Å². The van der Waals surface area contributed by atoms with Gasteiger partial charge in [-0.2, -0.15) is 0 Å². The van der Waals surface area contributed by atoms with Gasteiger partial charge in [-0.1, -0.05) is 24.3 Å². The maximum absolute atomic E-state index is 3.44. The van der Waals surface area contributed by atoms with Crippen LogP contribution in [0.1, 0.15) is 0 Å². The quantitative estimate of drug-likeness (QED) is 0.611. The van der Waals surface area contributed by atoms with Crippen LogP contribution < -0.4 is 5.32 Å². The van der Waals surface area contributed by atoms with E-state index in [0.29, 0.717) is 5.92 Å². The lowest BCUT2D eigenvalue weighted by atomic mass is 9.82. The van der Waals surface area contributed by atoms with Crippen LogP contribution in [0.15, 0.2) is 24.3 Å². The third-order valence-electron chi connectivity index (χ3n) is 3.09. The van der Waals surface area contributed by atoms with Gasteiger partial charge in [0.25, 0.3) is 0 Å². The van der Waals surface area contributed by atoms with E-state index in [1.165, 1.54) is 0 Å². The first-order chi connectivity index (χ1) is 5.76. The van der Waals surface area contributed by atoms with Gasteiger partial charge in [0.1, 0.15) is 0 Å². The van der Waals surface area contributed by atoms with Crippen LogP contribution in [0.3, 0.4) is 0 Å². The zero-order valence-corrected chi connectivity index (χ0v) is 7.75. The molecule has 1 saturated heterocycles. The van der Waals surface area contributed by atoms with E-state index in [0.717, 1.165) is 13.1 Å². The number of fused-ring (bicyclic) bond motifs is 1. The van der Waals surface area contributed by atoms with Crippen LogP contribution in [0.4, 0.5) is 0 Å². The molecular formula is C10H16N2. The molecule has 0 aromatic carbocycles. The highest BCUT2D eigenvalue weighted by Gasteiger charge is 2.41. The van der Waals surface area contributed by atoms with Crippen molar-refractivity contribution in [2.75, 3.05) is 27.2 Å². The van der Waals surface area contributed by atoms with Crippen molar-refractivity contribution in [2.24, 2.45) is 5.92 Å². The molecule has 1 N–H and O–H groups in total. The van der Waals surface area contributed by atoms with E-state index in [1.807, 2.05) is 0 Å². The Morgan fingerprint density at radius 2 is 2.25 bits per heavy atom. The lowest BCUT2D eigenvalue weighted by Gasteiger charge is -2.38. The first-order valence-electron chi connectivity index (χ1n) is 4.50. The summed E-state index contributed by atoms with van der Waals surface area (Å²) in [5.41, 5.74) is 0.245. The molecule has 0 saturated carbocycles. The Labute approximate surface area is 73.9 Å². The number of nitrogens with zero attached hydrogens (tertiary/aromatic N) is 1. The predicted octanol–water partition coefficient (Wildman–Crippen LogP) is 0.632. The lowest BCUT2D eigenvalue weighted by molar-refractivity contribution is 0.194. The maximum Gasteiger partial charge on any atom is 0.0589 e. The molecule has 0 aromatic rings. The predicted molar refractivity (Wildman–Crippen MR) is 51.1 cm³/mol. The zero-order valence-electron chi connectivity index (χ0n) is 7.75. The van der Waals surface area contributed by atoms with E-state index in [1.54, 1.807) is 0 Å². The third kappa shape index (κ3) is 0.952. The van der Waals surface area contributed by atoms with Crippen molar-refractivity contribution in [2.45, 2.75) is 5.54 Å². The largest absolute Gasteiger partial charge is 0.314 e. The highest BCUT2D eigenvalue weighted by Crippen LogP contribution is 2.31. The van der Waals surface area contributed by atoms with Crippen molar-refractivity contribution in [1.82, 2.24) is 10.2 Å². The van der Waals surface area contributed by atoms with Crippen LogP contribution in [0.5, 0.6) is 0 Å². The van der Waals surface area contributed by atoms with Crippen LogP contribution in [-0.2, 0) is 0 Å². The normalized spacial score (nSPS) is 39.1. The summed E-state index contributed by atoms with van der Waals surface area (Å²) in [6.45, 7) is 2.19. The molecule has 2 nitrogen and oxygen atoms in total. The number of hydrogen-bond donors (Lipinski definition) is 1. The minimum Gasteiger partial charge on any atom is -0.314 e. The second-order valence-corrected chi connectivity index (χ2v) is 3.87. The summed E-state index contributed by atoms with van der Waals surface area (Å²) >= 11 is 0.